The van der Waals surface area contributed by atoms with E-state index in [1.807, 2.05) is 14.0 Å². The summed E-state index contributed by atoms with van der Waals surface area (Å²) in [6.45, 7) is 5.48. The van der Waals surface area contributed by atoms with Crippen LogP contribution in [0.15, 0.2) is 12.3 Å². The lowest BCUT2D eigenvalue weighted by Crippen LogP contribution is -1.98. The van der Waals surface area contributed by atoms with Crippen LogP contribution in [0.2, 0.25) is 0 Å². The lowest BCUT2D eigenvalue weighted by atomic mass is 10.6. The molecule has 0 atom stereocenters. The van der Waals surface area contributed by atoms with Crippen molar-refractivity contribution in [1.82, 2.24) is 5.32 Å². The predicted octanol–water partition coefficient (Wildman–Crippen LogP) is 0.739. The van der Waals surface area contributed by atoms with Gasteiger partial charge in [-0.3, -0.25) is 0 Å². The van der Waals surface area contributed by atoms with Crippen molar-refractivity contribution in [2.24, 2.45) is 0 Å². The summed E-state index contributed by atoms with van der Waals surface area (Å²) in [5.41, 5.74) is 1.00. The van der Waals surface area contributed by atoms with Crippen molar-refractivity contribution in [3.63, 3.8) is 0 Å². The molecule has 0 heterocycles. The third kappa shape index (κ3) is 3.54. The molecule has 0 saturated carbocycles. The van der Waals surface area contributed by atoms with E-state index < -0.39 is 0 Å². The van der Waals surface area contributed by atoms with Crippen LogP contribution in [0.4, 0.5) is 0 Å². The van der Waals surface area contributed by atoms with Crippen molar-refractivity contribution in [3.05, 3.63) is 12.3 Å². The lowest BCUT2D eigenvalue weighted by molar-refractivity contribution is 0.999. The van der Waals surface area contributed by atoms with Crippen LogP contribution in [0.3, 0.4) is 0 Å². The molecular weight excluding hydrogens is 62.1 g/mol. The molecule has 30 valence electrons. The van der Waals surface area contributed by atoms with E-state index in [2.05, 4.69) is 11.9 Å². The molecule has 0 aromatic carbocycles. The van der Waals surface area contributed by atoms with Crippen LogP contribution >= 0.6 is 0 Å². The van der Waals surface area contributed by atoms with E-state index >= 15 is 0 Å². The van der Waals surface area contributed by atoms with E-state index in [9.17, 15) is 0 Å². The number of allylic oxidation sites excluding steroid dienone is 1. The third-order valence-electron chi connectivity index (χ3n) is 0.427. The highest BCUT2D eigenvalue weighted by molar-refractivity contribution is 4.80. The van der Waals surface area contributed by atoms with Crippen LogP contribution in [0.5, 0.6) is 0 Å². The Morgan fingerprint density at radius 3 is 2.00 bits per heavy atom. The molecule has 0 aliphatic rings. The molecule has 0 amide bonds. The Kier molecular flexibility index (Phi) is 1.65. The molecule has 1 nitrogen and oxygen atoms in total. The highest BCUT2D eigenvalue weighted by atomic mass is 14.8. The Hall–Kier alpha value is -0.460. The monoisotopic (exact) mass is 71.1 g/mol. The van der Waals surface area contributed by atoms with Gasteiger partial charge in [0.1, 0.15) is 0 Å². The van der Waals surface area contributed by atoms with Gasteiger partial charge in [0.15, 0.2) is 0 Å². The van der Waals surface area contributed by atoms with Gasteiger partial charge in [-0.05, 0) is 12.6 Å². The summed E-state index contributed by atoms with van der Waals surface area (Å²) in [5.74, 6) is 0. The summed E-state index contributed by atoms with van der Waals surface area (Å²) in [4.78, 5) is 0. The summed E-state index contributed by atoms with van der Waals surface area (Å²) >= 11 is 0. The maximum Gasteiger partial charge on any atom is 0.00299 e. The fraction of sp³-hybridized carbons (Fsp3) is 0.500. The van der Waals surface area contributed by atoms with Gasteiger partial charge < -0.3 is 5.32 Å². The van der Waals surface area contributed by atoms with E-state index in [1.165, 1.54) is 0 Å². The Morgan fingerprint density at radius 1 is 1.80 bits per heavy atom. The first kappa shape index (κ1) is 4.54. The summed E-state index contributed by atoms with van der Waals surface area (Å²) in [6, 6.07) is 0. The normalized spacial score (nSPS) is 6.80. The average Bonchev–Trinajstić information content (AvgIpc) is 1.38. The first-order chi connectivity index (χ1) is 2.27. The van der Waals surface area contributed by atoms with Crippen molar-refractivity contribution in [1.29, 1.82) is 0 Å². The van der Waals surface area contributed by atoms with Crippen molar-refractivity contribution < 1.29 is 0 Å². The molecule has 0 fully saturated rings. The predicted molar refractivity (Wildman–Crippen MR) is 23.9 cm³/mol. The quantitative estimate of drug-likeness (QED) is 0.480. The zero-order valence-corrected chi connectivity index (χ0v) is 3.71. The first-order valence-electron chi connectivity index (χ1n) is 1.60. The molecule has 0 radical (unpaired) electrons. The number of hydrogen-bond acceptors (Lipinski definition) is 1. The summed E-state index contributed by atoms with van der Waals surface area (Å²) in [7, 11) is 1.85. The summed E-state index contributed by atoms with van der Waals surface area (Å²) < 4.78 is 0. The highest BCUT2D eigenvalue weighted by Crippen LogP contribution is 1.68. The largest absolute Gasteiger partial charge is 0.392 e. The third-order valence-corrected chi connectivity index (χ3v) is 0.427. The van der Waals surface area contributed by atoms with Gasteiger partial charge in [0.2, 0.25) is 0 Å². The second-order valence-corrected chi connectivity index (χ2v) is 1.03. The van der Waals surface area contributed by atoms with Gasteiger partial charge in [0.05, 0.1) is 0 Å². The molecule has 5 heavy (non-hydrogen) atoms. The Bertz CT molecular complexity index is 38.9. The van der Waals surface area contributed by atoms with Gasteiger partial charge in [-0.1, -0.05) is 6.58 Å². The van der Waals surface area contributed by atoms with Crippen LogP contribution in [0.25, 0.3) is 0 Å². The van der Waals surface area contributed by atoms with Crippen LogP contribution < -0.4 is 5.32 Å². The average molecular weight is 71.1 g/mol. The van der Waals surface area contributed by atoms with Crippen molar-refractivity contribution >= 4 is 0 Å². The van der Waals surface area contributed by atoms with Gasteiger partial charge in [0, 0.05) is 7.05 Å². The fourth-order valence-corrected chi connectivity index (χ4v) is 0. The molecule has 0 rings (SSSR count). The van der Waals surface area contributed by atoms with Crippen molar-refractivity contribution in [2.75, 3.05) is 7.05 Å². The van der Waals surface area contributed by atoms with Crippen molar-refractivity contribution in [3.8, 4) is 0 Å². The second kappa shape index (κ2) is 1.82. The first-order valence-corrected chi connectivity index (χ1v) is 1.60. The Balaban J connectivity index is 2.85. The molecule has 1 heteroatoms. The van der Waals surface area contributed by atoms with Gasteiger partial charge in [-0.25, -0.2) is 0 Å². The molecular formula is C4H9N. The highest BCUT2D eigenvalue weighted by Gasteiger charge is 1.62. The van der Waals surface area contributed by atoms with Gasteiger partial charge in [-0.2, -0.15) is 0 Å². The van der Waals surface area contributed by atoms with Gasteiger partial charge >= 0.3 is 0 Å². The van der Waals surface area contributed by atoms with E-state index in [4.69, 9.17) is 0 Å². The molecule has 0 aromatic heterocycles. The number of hydrogen-bond donors (Lipinski definition) is 1. The summed E-state index contributed by atoms with van der Waals surface area (Å²) in [6.07, 6.45) is 0. The minimum atomic E-state index is 1.00. The molecule has 0 aromatic rings. The van der Waals surface area contributed by atoms with Gasteiger partial charge in [-0.15, -0.1) is 0 Å². The summed E-state index contributed by atoms with van der Waals surface area (Å²) in [5, 5.41) is 2.83. The maximum atomic E-state index is 3.56. The lowest BCUT2D eigenvalue weighted by Gasteiger charge is -1.87. The van der Waals surface area contributed by atoms with Crippen LogP contribution in [0.1, 0.15) is 6.92 Å². The topological polar surface area (TPSA) is 12.0 Å². The SMILES string of the molecule is C=C(C)NC. The zero-order chi connectivity index (χ0) is 4.28. The molecule has 0 spiro atoms. The second-order valence-electron chi connectivity index (χ2n) is 1.03. The van der Waals surface area contributed by atoms with Crippen LogP contribution in [-0.4, -0.2) is 7.05 Å². The van der Waals surface area contributed by atoms with E-state index in [1.54, 1.807) is 0 Å². The van der Waals surface area contributed by atoms with E-state index in [0.29, 0.717) is 0 Å². The minimum Gasteiger partial charge on any atom is -0.392 e. The van der Waals surface area contributed by atoms with Crippen LogP contribution in [0, 0.1) is 0 Å². The standard InChI is InChI=1S/C4H9N/c1-4(2)5-3/h5H,1H2,2-3H3. The molecule has 0 unspecified atom stereocenters. The van der Waals surface area contributed by atoms with Crippen molar-refractivity contribution in [2.45, 2.75) is 6.92 Å². The Morgan fingerprint density at radius 2 is 2.00 bits per heavy atom. The maximum absolute atomic E-state index is 3.56. The zero-order valence-electron chi connectivity index (χ0n) is 3.71. The number of nitrogens with one attached hydrogen (secondary N) is 1. The minimum absolute atomic E-state index is 1.00. The van der Waals surface area contributed by atoms with Crippen LogP contribution in [-0.2, 0) is 0 Å². The molecule has 0 bridgehead atoms. The number of rotatable bonds is 1. The molecule has 0 aliphatic heterocycles. The van der Waals surface area contributed by atoms with Gasteiger partial charge in [0.25, 0.3) is 0 Å². The van der Waals surface area contributed by atoms with E-state index in [0.717, 1.165) is 5.70 Å². The molecule has 0 aliphatic carbocycles. The van der Waals surface area contributed by atoms with E-state index in [-0.39, 0.29) is 0 Å². The smallest absolute Gasteiger partial charge is 0.00299 e. The fourth-order valence-electron chi connectivity index (χ4n) is 0. The molecule has 1 N–H and O–H groups in total. The Labute approximate surface area is 32.7 Å². The molecule has 0 saturated heterocycles.